The molecule has 0 saturated carbocycles. The fourth-order valence-electron chi connectivity index (χ4n) is 7.70. The molecule has 3 heterocycles. The van der Waals surface area contributed by atoms with Crippen LogP contribution in [0.1, 0.15) is 34.1 Å². The van der Waals surface area contributed by atoms with E-state index >= 15 is 0 Å². The maximum atomic E-state index is 11.9. The molecule has 8 rings (SSSR count). The van der Waals surface area contributed by atoms with Crippen LogP contribution in [0.3, 0.4) is 0 Å². The van der Waals surface area contributed by atoms with Gasteiger partial charge in [0.15, 0.2) is 18.9 Å². The minimum absolute atomic E-state index is 0.147. The number of rotatable bonds is 17. The van der Waals surface area contributed by atoms with Crippen molar-refractivity contribution in [1.29, 1.82) is 0 Å². The van der Waals surface area contributed by atoms with Gasteiger partial charge < -0.3 is 52.5 Å². The fourth-order valence-corrected chi connectivity index (χ4v) is 7.70. The summed E-state index contributed by atoms with van der Waals surface area (Å²) in [4.78, 5) is 0. The van der Waals surface area contributed by atoms with E-state index in [1.54, 1.807) is 0 Å². The smallest absolute Gasteiger partial charge is 0.187 e. The van der Waals surface area contributed by atoms with Gasteiger partial charge in [-0.1, -0.05) is 152 Å². The lowest BCUT2D eigenvalue weighted by Gasteiger charge is -2.51. The maximum Gasteiger partial charge on any atom is 0.187 e. The van der Waals surface area contributed by atoms with Crippen LogP contribution in [-0.2, 0) is 73.8 Å². The predicted octanol–water partition coefficient (Wildman–Crippen LogP) is 6.92. The molecule has 11 nitrogen and oxygen atoms in total. The second kappa shape index (κ2) is 20.8. The first-order valence-electron chi connectivity index (χ1n) is 20.2. The van der Waals surface area contributed by atoms with Gasteiger partial charge in [-0.3, -0.25) is 0 Å². The molecule has 0 aliphatic carbocycles. The number of aliphatic hydroxyl groups excluding tert-OH is 1. The lowest BCUT2D eigenvalue weighted by Crippen LogP contribution is -2.67. The van der Waals surface area contributed by atoms with E-state index in [0.717, 1.165) is 27.8 Å². The van der Waals surface area contributed by atoms with Gasteiger partial charge in [-0.15, -0.1) is 0 Å². The lowest BCUT2D eigenvalue weighted by atomic mass is 9.95. The molecule has 3 aliphatic heterocycles. The van der Waals surface area contributed by atoms with Crippen LogP contribution in [0, 0.1) is 0 Å². The van der Waals surface area contributed by atoms with E-state index in [-0.39, 0.29) is 26.4 Å². The van der Waals surface area contributed by atoms with Crippen LogP contribution in [0.5, 0.6) is 0 Å². The second-order valence-electron chi connectivity index (χ2n) is 14.9. The summed E-state index contributed by atoms with van der Waals surface area (Å²) in [6, 6.07) is 49.4. The van der Waals surface area contributed by atoms with Gasteiger partial charge >= 0.3 is 0 Å². The Bertz CT molecular complexity index is 1940. The van der Waals surface area contributed by atoms with E-state index in [1.807, 2.05) is 152 Å². The van der Waals surface area contributed by atoms with Crippen molar-refractivity contribution in [1.82, 2.24) is 0 Å². The van der Waals surface area contributed by atoms with E-state index in [2.05, 4.69) is 0 Å². The van der Waals surface area contributed by atoms with Gasteiger partial charge in [-0.2, -0.15) is 0 Å². The highest BCUT2D eigenvalue weighted by Gasteiger charge is 2.55. The molecule has 0 aromatic heterocycles. The molecule has 0 amide bonds. The number of hydrogen-bond acceptors (Lipinski definition) is 11. The lowest BCUT2D eigenvalue weighted by molar-refractivity contribution is -0.396. The first kappa shape index (κ1) is 41.4. The number of fused-ring (bicyclic) bond motifs is 1. The Labute approximate surface area is 345 Å². The highest BCUT2D eigenvalue weighted by molar-refractivity contribution is 5.18. The Kier molecular flexibility index (Phi) is 14.6. The molecule has 3 fully saturated rings. The van der Waals surface area contributed by atoms with Crippen molar-refractivity contribution in [3.63, 3.8) is 0 Å². The third-order valence-electron chi connectivity index (χ3n) is 10.7. The van der Waals surface area contributed by atoms with Gasteiger partial charge in [0.05, 0.1) is 39.6 Å². The first-order valence-corrected chi connectivity index (χ1v) is 20.2. The zero-order valence-corrected chi connectivity index (χ0v) is 33.1. The Morgan fingerprint density at radius 3 is 1.56 bits per heavy atom. The minimum atomic E-state index is -1.27. The fraction of sp³-hybridized carbons (Fsp3) is 0.375. The Morgan fingerprint density at radius 2 is 1.02 bits per heavy atom. The van der Waals surface area contributed by atoms with Crippen molar-refractivity contribution in [3.05, 3.63) is 179 Å². The number of methoxy groups -OCH3 is 1. The zero-order chi connectivity index (χ0) is 40.2. The van der Waals surface area contributed by atoms with Crippen LogP contribution >= 0.6 is 0 Å². The number of hydrogen-bond donors (Lipinski definition) is 1. The highest BCUT2D eigenvalue weighted by atomic mass is 16.8. The average molecular weight is 805 g/mol. The van der Waals surface area contributed by atoms with E-state index in [1.165, 1.54) is 7.11 Å². The van der Waals surface area contributed by atoms with Crippen LogP contribution in [-0.4, -0.2) is 86.8 Å². The summed E-state index contributed by atoms with van der Waals surface area (Å²) in [5.41, 5.74) is 4.77. The van der Waals surface area contributed by atoms with Crippen molar-refractivity contribution in [2.75, 3.05) is 20.3 Å². The summed E-state index contributed by atoms with van der Waals surface area (Å²) in [7, 11) is 1.48. The Morgan fingerprint density at radius 1 is 0.525 bits per heavy atom. The van der Waals surface area contributed by atoms with Gasteiger partial charge in [0.2, 0.25) is 0 Å². The van der Waals surface area contributed by atoms with Crippen LogP contribution in [0.25, 0.3) is 0 Å². The molecule has 5 aromatic carbocycles. The van der Waals surface area contributed by atoms with Gasteiger partial charge in [0.25, 0.3) is 0 Å². The van der Waals surface area contributed by atoms with Crippen molar-refractivity contribution in [2.45, 2.75) is 94.1 Å². The van der Waals surface area contributed by atoms with Crippen LogP contribution < -0.4 is 0 Å². The molecule has 0 radical (unpaired) electrons. The highest BCUT2D eigenvalue weighted by Crippen LogP contribution is 2.39. The topological polar surface area (TPSA) is 113 Å². The summed E-state index contributed by atoms with van der Waals surface area (Å²) in [5, 5.41) is 11.9. The summed E-state index contributed by atoms with van der Waals surface area (Å²) in [6.07, 6.45) is -9.43. The van der Waals surface area contributed by atoms with Crippen molar-refractivity contribution in [3.8, 4) is 0 Å². The van der Waals surface area contributed by atoms with Crippen molar-refractivity contribution in [2.24, 2.45) is 0 Å². The molecule has 0 spiro atoms. The van der Waals surface area contributed by atoms with Gasteiger partial charge in [-0.25, -0.2) is 0 Å². The Balaban J connectivity index is 1.14. The monoisotopic (exact) mass is 804 g/mol. The molecule has 59 heavy (non-hydrogen) atoms. The third kappa shape index (κ3) is 10.7. The molecular formula is C48H52O11. The molecule has 11 atom stereocenters. The molecule has 1 N–H and O–H groups in total. The number of benzene rings is 5. The maximum absolute atomic E-state index is 11.9. The summed E-state index contributed by atoms with van der Waals surface area (Å²) < 4.78 is 65.4. The second-order valence-corrected chi connectivity index (χ2v) is 14.9. The van der Waals surface area contributed by atoms with Crippen LogP contribution in [0.2, 0.25) is 0 Å². The molecule has 310 valence electrons. The standard InChI is InChI=1S/C48H52O11/c1-50-47-40(49)43(42-39(56-47)32-55-46(58-42)37-25-15-6-16-26-37)59-48-45(54-30-36-23-13-5-14-24-36)44(53-29-35-21-11-4-12-22-35)41(52-28-34-19-9-3-10-20-34)38(57-48)31-51-27-33-17-7-2-8-18-33/h2-26,38-49H,27-32H2,1H3/t38-,39-,40-,41-,42+,43-,44+,45-,46?,47-,48?/m1/s1. The largest absolute Gasteiger partial charge is 0.385 e. The van der Waals surface area contributed by atoms with Gasteiger partial charge in [0.1, 0.15) is 48.8 Å². The van der Waals surface area contributed by atoms with Crippen LogP contribution in [0.4, 0.5) is 0 Å². The van der Waals surface area contributed by atoms with E-state index in [9.17, 15) is 5.11 Å². The summed E-state index contributed by atoms with van der Waals surface area (Å²) in [6.45, 7) is 1.47. The molecule has 2 unspecified atom stereocenters. The quantitative estimate of drug-likeness (QED) is 0.106. The van der Waals surface area contributed by atoms with E-state index < -0.39 is 67.7 Å². The SMILES string of the molecule is CO[C@@H]1O[C@@H]2COC(c3ccccc3)O[C@@H]2[C@H](OC2O[C@H](COCc3ccccc3)[C@@H](OCc3ccccc3)[C@H](OCc3ccccc3)[C@H]2OCc2ccccc2)[C@H]1O. The average Bonchev–Trinajstić information content (AvgIpc) is 3.29. The molecule has 3 aliphatic rings. The molecule has 11 heteroatoms. The molecular weight excluding hydrogens is 753 g/mol. The van der Waals surface area contributed by atoms with Crippen LogP contribution in [0.15, 0.2) is 152 Å². The molecule has 0 bridgehead atoms. The molecule has 5 aromatic rings. The van der Waals surface area contributed by atoms with E-state index in [0.29, 0.717) is 13.2 Å². The van der Waals surface area contributed by atoms with Crippen molar-refractivity contribution >= 4 is 0 Å². The third-order valence-corrected chi connectivity index (χ3v) is 10.7. The normalized spacial score (nSPS) is 29.4. The summed E-state index contributed by atoms with van der Waals surface area (Å²) in [5.74, 6) is 0. The first-order chi connectivity index (χ1) is 29.1. The van der Waals surface area contributed by atoms with Crippen molar-refractivity contribution < 1.29 is 52.5 Å². The zero-order valence-electron chi connectivity index (χ0n) is 33.1. The molecule has 3 saturated heterocycles. The van der Waals surface area contributed by atoms with E-state index in [4.69, 9.17) is 47.4 Å². The predicted molar refractivity (Wildman–Crippen MR) is 216 cm³/mol. The number of aliphatic hydroxyl groups is 1. The van der Waals surface area contributed by atoms with Gasteiger partial charge in [0, 0.05) is 12.7 Å². The summed E-state index contributed by atoms with van der Waals surface area (Å²) >= 11 is 0. The Hall–Kier alpha value is -4.34. The minimum Gasteiger partial charge on any atom is -0.385 e. The van der Waals surface area contributed by atoms with Gasteiger partial charge in [-0.05, 0) is 22.3 Å². The number of ether oxygens (including phenoxy) is 10.